The highest BCUT2D eigenvalue weighted by atomic mass is 32.2. The number of hydrogen-bond donors (Lipinski definition) is 4. The first kappa shape index (κ1) is 42.5. The summed E-state index contributed by atoms with van der Waals surface area (Å²) in [5.74, 6) is -3.46. The lowest BCUT2D eigenvalue weighted by Crippen LogP contribution is -2.59. The lowest BCUT2D eigenvalue weighted by molar-refractivity contribution is -0.156. The van der Waals surface area contributed by atoms with Crippen molar-refractivity contribution < 1.29 is 43.0 Å². The van der Waals surface area contributed by atoms with E-state index in [9.17, 15) is 28.8 Å². The van der Waals surface area contributed by atoms with Gasteiger partial charge in [0.1, 0.15) is 42.1 Å². The average Bonchev–Trinajstić information content (AvgIpc) is 2.96. The van der Waals surface area contributed by atoms with Crippen LogP contribution in [-0.2, 0) is 38.2 Å². The van der Waals surface area contributed by atoms with Crippen LogP contribution in [-0.4, -0.2) is 84.2 Å². The fourth-order valence-corrected chi connectivity index (χ4v) is 4.35. The van der Waals surface area contributed by atoms with Crippen LogP contribution in [0.4, 0.5) is 4.79 Å². The van der Waals surface area contributed by atoms with Crippen molar-refractivity contribution in [2.75, 3.05) is 18.6 Å². The Hall–Kier alpha value is -3.55. The van der Waals surface area contributed by atoms with E-state index in [-0.39, 0.29) is 31.1 Å². The number of nitrogens with one attached hydrogen (secondary N) is 4. The monoisotopic (exact) mass is 670 g/mol. The minimum absolute atomic E-state index is 0.101. The quantitative estimate of drug-likeness (QED) is 0.0493. The van der Waals surface area contributed by atoms with Gasteiger partial charge in [-0.1, -0.05) is 52.3 Å². The van der Waals surface area contributed by atoms with Gasteiger partial charge in [0.05, 0.1) is 0 Å². The molecular weight excluding hydrogens is 616 g/mol. The molecule has 0 aliphatic rings. The van der Waals surface area contributed by atoms with E-state index in [1.165, 1.54) is 37.8 Å². The van der Waals surface area contributed by atoms with E-state index in [0.717, 1.165) is 12.8 Å². The Labute approximate surface area is 277 Å². The van der Waals surface area contributed by atoms with Crippen molar-refractivity contribution >= 4 is 47.5 Å². The standard InChI is InChI=1S/C32H54N4O9S/c1-11-14-15-16-24(37)33-23(17-19-46-10)27(38)35-26(28(39)34-22(13-3)29(40)43-18-12-2)21(6)44-30(41)25(20(4)5)36-31(42)45-32(7,8)9/h12-13,20-21,23,25-26H,2,11,14-19H2,1,3-10H3,(H,33,37)(H,34,39)(H,35,38)(H,36,42)/b22-13+/t21-,23+,25+,26+/m1/s1. The third kappa shape index (κ3) is 17.2. The molecule has 0 saturated carbocycles. The third-order valence-corrected chi connectivity index (χ3v) is 6.96. The highest BCUT2D eigenvalue weighted by Crippen LogP contribution is 2.13. The van der Waals surface area contributed by atoms with Crippen LogP contribution in [0.1, 0.15) is 87.5 Å². The molecule has 0 heterocycles. The second-order valence-electron chi connectivity index (χ2n) is 11.9. The zero-order valence-corrected chi connectivity index (χ0v) is 29.6. The Bertz CT molecular complexity index is 1070. The van der Waals surface area contributed by atoms with Gasteiger partial charge < -0.3 is 35.5 Å². The highest BCUT2D eigenvalue weighted by Gasteiger charge is 2.36. The zero-order chi connectivity index (χ0) is 35.4. The molecule has 0 aliphatic carbocycles. The van der Waals surface area contributed by atoms with Crippen LogP contribution in [0, 0.1) is 5.92 Å². The fourth-order valence-electron chi connectivity index (χ4n) is 3.88. The van der Waals surface area contributed by atoms with Gasteiger partial charge in [-0.25, -0.2) is 14.4 Å². The van der Waals surface area contributed by atoms with E-state index >= 15 is 0 Å². The van der Waals surface area contributed by atoms with Gasteiger partial charge in [-0.15, -0.1) is 0 Å². The number of thioether (sulfide) groups is 1. The Kier molecular flexibility index (Phi) is 20.4. The van der Waals surface area contributed by atoms with E-state index in [1.807, 2.05) is 13.2 Å². The van der Waals surface area contributed by atoms with Gasteiger partial charge in [-0.3, -0.25) is 14.4 Å². The summed E-state index contributed by atoms with van der Waals surface area (Å²) in [6, 6.07) is -3.63. The van der Waals surface area contributed by atoms with Crippen LogP contribution in [0.2, 0.25) is 0 Å². The van der Waals surface area contributed by atoms with Crippen molar-refractivity contribution in [3.05, 3.63) is 24.4 Å². The smallest absolute Gasteiger partial charge is 0.408 e. The van der Waals surface area contributed by atoms with E-state index in [2.05, 4.69) is 27.8 Å². The number of allylic oxidation sites excluding steroid dienone is 1. The average molecular weight is 671 g/mol. The molecule has 0 aromatic carbocycles. The van der Waals surface area contributed by atoms with E-state index in [1.54, 1.807) is 34.6 Å². The van der Waals surface area contributed by atoms with Crippen LogP contribution >= 0.6 is 11.8 Å². The van der Waals surface area contributed by atoms with Gasteiger partial charge in [0.15, 0.2) is 0 Å². The van der Waals surface area contributed by atoms with Crippen LogP contribution in [0.15, 0.2) is 24.4 Å². The maximum absolute atomic E-state index is 13.6. The summed E-state index contributed by atoms with van der Waals surface area (Å²) in [5, 5.41) is 10.3. The zero-order valence-electron chi connectivity index (χ0n) is 28.8. The van der Waals surface area contributed by atoms with Crippen molar-refractivity contribution in [1.82, 2.24) is 21.3 Å². The van der Waals surface area contributed by atoms with E-state index < -0.39 is 65.6 Å². The van der Waals surface area contributed by atoms with Crippen molar-refractivity contribution in [3.63, 3.8) is 0 Å². The third-order valence-electron chi connectivity index (χ3n) is 6.31. The molecule has 0 spiro atoms. The molecule has 4 N–H and O–H groups in total. The molecule has 0 rings (SSSR count). The van der Waals surface area contributed by atoms with Gasteiger partial charge in [0.2, 0.25) is 11.8 Å². The number of ether oxygens (including phenoxy) is 3. The number of alkyl carbamates (subject to hydrolysis) is 1. The predicted molar refractivity (Wildman–Crippen MR) is 178 cm³/mol. The number of carbonyl (C=O) groups excluding carboxylic acids is 6. The van der Waals surface area contributed by atoms with Crippen LogP contribution in [0.3, 0.4) is 0 Å². The summed E-state index contributed by atoms with van der Waals surface area (Å²) in [6.07, 6.45) is 5.39. The normalized spacial score (nSPS) is 14.2. The number of amides is 4. The van der Waals surface area contributed by atoms with Crippen molar-refractivity contribution in [3.8, 4) is 0 Å². The molecular formula is C32H54N4O9S. The van der Waals surface area contributed by atoms with Crippen LogP contribution < -0.4 is 21.3 Å². The fraction of sp³-hybridized carbons (Fsp3) is 0.688. The summed E-state index contributed by atoms with van der Waals surface area (Å²) in [5.41, 5.74) is -1.02. The first-order valence-electron chi connectivity index (χ1n) is 15.5. The van der Waals surface area contributed by atoms with Gasteiger partial charge >= 0.3 is 18.0 Å². The van der Waals surface area contributed by atoms with Crippen molar-refractivity contribution in [2.24, 2.45) is 5.92 Å². The number of carbonyl (C=O) groups is 6. The first-order chi connectivity index (χ1) is 21.5. The minimum atomic E-state index is -1.51. The molecule has 262 valence electrons. The predicted octanol–water partition coefficient (Wildman–Crippen LogP) is 3.52. The van der Waals surface area contributed by atoms with Gasteiger partial charge in [-0.2, -0.15) is 11.8 Å². The first-order valence-corrected chi connectivity index (χ1v) is 16.9. The van der Waals surface area contributed by atoms with Gasteiger partial charge in [0.25, 0.3) is 5.91 Å². The molecule has 0 aromatic rings. The van der Waals surface area contributed by atoms with E-state index in [4.69, 9.17) is 14.2 Å². The minimum Gasteiger partial charge on any atom is -0.458 e. The Morgan fingerprint density at radius 2 is 1.59 bits per heavy atom. The summed E-state index contributed by atoms with van der Waals surface area (Å²) >= 11 is 1.48. The molecule has 0 fully saturated rings. The summed E-state index contributed by atoms with van der Waals surface area (Å²) < 4.78 is 15.9. The summed E-state index contributed by atoms with van der Waals surface area (Å²) in [7, 11) is 0. The van der Waals surface area contributed by atoms with Crippen LogP contribution in [0.25, 0.3) is 0 Å². The Morgan fingerprint density at radius 1 is 0.935 bits per heavy atom. The molecule has 4 amide bonds. The van der Waals surface area contributed by atoms with Crippen molar-refractivity contribution in [2.45, 2.75) is 117 Å². The van der Waals surface area contributed by atoms with Crippen LogP contribution in [0.5, 0.6) is 0 Å². The molecule has 13 nitrogen and oxygen atoms in total. The SMILES string of the molecule is C=CCOC(=O)/C(=C\C)NC(=O)[C@@H](NC(=O)[C@H](CCSC)NC(=O)CCCCC)[C@@H](C)OC(=O)[C@@H](NC(=O)OC(C)(C)C)C(C)C. The number of rotatable bonds is 20. The highest BCUT2D eigenvalue weighted by molar-refractivity contribution is 7.98. The second-order valence-corrected chi connectivity index (χ2v) is 12.9. The topological polar surface area (TPSA) is 178 Å². The molecule has 0 unspecified atom stereocenters. The molecule has 0 saturated heterocycles. The van der Waals surface area contributed by atoms with E-state index in [0.29, 0.717) is 12.2 Å². The number of hydrogen-bond acceptors (Lipinski definition) is 10. The molecule has 0 aliphatic heterocycles. The maximum atomic E-state index is 13.6. The molecule has 0 aromatic heterocycles. The summed E-state index contributed by atoms with van der Waals surface area (Å²) in [4.78, 5) is 77.8. The maximum Gasteiger partial charge on any atom is 0.408 e. The second kappa shape index (κ2) is 22.1. The molecule has 0 radical (unpaired) electrons. The largest absolute Gasteiger partial charge is 0.458 e. The summed E-state index contributed by atoms with van der Waals surface area (Å²) in [6.45, 7) is 16.7. The van der Waals surface area contributed by atoms with Gasteiger partial charge in [-0.05, 0) is 65.4 Å². The molecule has 46 heavy (non-hydrogen) atoms. The number of esters is 2. The van der Waals surface area contributed by atoms with Gasteiger partial charge in [0, 0.05) is 6.42 Å². The molecule has 4 atom stereocenters. The molecule has 0 bridgehead atoms. The Morgan fingerprint density at radius 3 is 2.11 bits per heavy atom. The Balaban J connectivity index is 6.22. The molecule has 14 heteroatoms. The number of unbranched alkanes of at least 4 members (excludes halogenated alkanes) is 2. The lowest BCUT2D eigenvalue weighted by atomic mass is 10.0. The van der Waals surface area contributed by atoms with Crippen molar-refractivity contribution in [1.29, 1.82) is 0 Å². The lowest BCUT2D eigenvalue weighted by Gasteiger charge is -2.29.